The van der Waals surface area contributed by atoms with Crippen molar-refractivity contribution < 1.29 is 13.9 Å². The minimum Gasteiger partial charge on any atom is -0.460 e. The molecule has 0 N–H and O–H groups in total. The van der Waals surface area contributed by atoms with Crippen LogP contribution >= 0.6 is 11.6 Å². The lowest BCUT2D eigenvalue weighted by atomic mass is 10.0. The van der Waals surface area contributed by atoms with Crippen LogP contribution in [0.3, 0.4) is 0 Å². The quantitative estimate of drug-likeness (QED) is 0.628. The van der Waals surface area contributed by atoms with E-state index >= 15 is 0 Å². The maximum Gasteiger partial charge on any atom is 0.331 e. The van der Waals surface area contributed by atoms with E-state index in [0.29, 0.717) is 5.76 Å². The number of halogens is 1. The van der Waals surface area contributed by atoms with E-state index in [1.54, 1.807) is 6.08 Å². The second-order valence-electron chi connectivity index (χ2n) is 6.15. The Morgan fingerprint density at radius 2 is 2.17 bits per heavy atom. The van der Waals surface area contributed by atoms with Crippen molar-refractivity contribution in [2.45, 2.75) is 32.9 Å². The highest BCUT2D eigenvalue weighted by atomic mass is 35.5. The van der Waals surface area contributed by atoms with E-state index in [2.05, 4.69) is 11.9 Å². The molecule has 0 fully saturated rings. The SMILES string of the molecule is CC(C)OC(=O)C=Cc1oc2ccc(Cl)c3c2c1CN(C)CC3. The monoisotopic (exact) mass is 333 g/mol. The van der Waals surface area contributed by atoms with Gasteiger partial charge in [0, 0.05) is 35.1 Å². The van der Waals surface area contributed by atoms with Crippen molar-refractivity contribution in [2.75, 3.05) is 13.6 Å². The first kappa shape index (κ1) is 16.1. The molecule has 2 heterocycles. The Morgan fingerprint density at radius 1 is 1.39 bits per heavy atom. The van der Waals surface area contributed by atoms with Crippen LogP contribution in [0.25, 0.3) is 17.0 Å². The summed E-state index contributed by atoms with van der Waals surface area (Å²) in [5.74, 6) is 0.325. The molecule has 23 heavy (non-hydrogen) atoms. The molecular formula is C18H20ClNO3. The van der Waals surface area contributed by atoms with Crippen molar-refractivity contribution in [3.63, 3.8) is 0 Å². The number of rotatable bonds is 3. The number of ether oxygens (including phenoxy) is 1. The van der Waals surface area contributed by atoms with E-state index in [0.717, 1.165) is 46.6 Å². The Labute approximate surface area is 140 Å². The van der Waals surface area contributed by atoms with Crippen LogP contribution in [-0.4, -0.2) is 30.6 Å². The molecule has 1 aromatic carbocycles. The molecule has 2 aromatic rings. The van der Waals surface area contributed by atoms with Gasteiger partial charge >= 0.3 is 5.97 Å². The highest BCUT2D eigenvalue weighted by Gasteiger charge is 2.22. The fourth-order valence-electron chi connectivity index (χ4n) is 2.92. The van der Waals surface area contributed by atoms with Gasteiger partial charge < -0.3 is 14.1 Å². The second kappa shape index (κ2) is 6.38. The van der Waals surface area contributed by atoms with E-state index in [1.807, 2.05) is 26.0 Å². The summed E-state index contributed by atoms with van der Waals surface area (Å²) in [6.07, 6.45) is 3.86. The van der Waals surface area contributed by atoms with E-state index in [4.69, 9.17) is 20.8 Å². The third-order valence-electron chi connectivity index (χ3n) is 3.93. The lowest BCUT2D eigenvalue weighted by molar-refractivity contribution is -0.141. The first-order valence-electron chi connectivity index (χ1n) is 7.75. The van der Waals surface area contributed by atoms with Crippen LogP contribution in [0.4, 0.5) is 0 Å². The summed E-state index contributed by atoms with van der Waals surface area (Å²) in [5, 5.41) is 1.85. The highest BCUT2D eigenvalue weighted by Crippen LogP contribution is 2.36. The van der Waals surface area contributed by atoms with Crippen LogP contribution in [-0.2, 0) is 22.5 Å². The third kappa shape index (κ3) is 3.28. The van der Waals surface area contributed by atoms with E-state index in [1.165, 1.54) is 6.08 Å². The molecule has 0 atom stereocenters. The third-order valence-corrected chi connectivity index (χ3v) is 4.28. The van der Waals surface area contributed by atoms with Crippen molar-refractivity contribution in [3.8, 4) is 0 Å². The summed E-state index contributed by atoms with van der Waals surface area (Å²) < 4.78 is 11.1. The topological polar surface area (TPSA) is 42.7 Å². The number of furan rings is 1. The number of esters is 1. The Morgan fingerprint density at radius 3 is 2.91 bits per heavy atom. The first-order valence-corrected chi connectivity index (χ1v) is 8.13. The zero-order chi connectivity index (χ0) is 16.6. The van der Waals surface area contributed by atoms with E-state index in [9.17, 15) is 4.79 Å². The van der Waals surface area contributed by atoms with Gasteiger partial charge in [0.1, 0.15) is 11.3 Å². The van der Waals surface area contributed by atoms with Crippen LogP contribution in [0, 0.1) is 0 Å². The molecule has 122 valence electrons. The standard InChI is InChI=1S/C18H20ClNO3/c1-11(2)22-17(21)7-6-15-13-10-20(3)9-8-12-14(19)4-5-16(23-15)18(12)13/h4-7,11H,8-10H2,1-3H3. The lowest BCUT2D eigenvalue weighted by Gasteiger charge is -2.12. The molecular weight excluding hydrogens is 314 g/mol. The van der Waals surface area contributed by atoms with Gasteiger partial charge in [-0.15, -0.1) is 0 Å². The Kier molecular flexibility index (Phi) is 4.46. The lowest BCUT2D eigenvalue weighted by Crippen LogP contribution is -2.18. The number of hydrogen-bond acceptors (Lipinski definition) is 4. The summed E-state index contributed by atoms with van der Waals surface area (Å²) in [6, 6.07) is 3.76. The predicted molar refractivity (Wildman–Crippen MR) is 91.5 cm³/mol. The molecule has 1 aliphatic rings. The first-order chi connectivity index (χ1) is 11.0. The molecule has 3 rings (SSSR count). The number of carbonyl (C=O) groups is 1. The Hall–Kier alpha value is -1.78. The van der Waals surface area contributed by atoms with Gasteiger partial charge in [0.15, 0.2) is 0 Å². The fourth-order valence-corrected chi connectivity index (χ4v) is 3.18. The summed E-state index contributed by atoms with van der Waals surface area (Å²) in [6.45, 7) is 5.35. The van der Waals surface area contributed by atoms with Gasteiger partial charge in [0.05, 0.1) is 6.10 Å². The molecule has 0 saturated carbocycles. The van der Waals surface area contributed by atoms with Crippen molar-refractivity contribution >= 4 is 34.6 Å². The molecule has 1 aliphatic heterocycles. The van der Waals surface area contributed by atoms with Gasteiger partial charge in [-0.25, -0.2) is 4.79 Å². The average molecular weight is 334 g/mol. The Balaban J connectivity index is 2.04. The summed E-state index contributed by atoms with van der Waals surface area (Å²) >= 11 is 6.37. The number of hydrogen-bond donors (Lipinski definition) is 0. The van der Waals surface area contributed by atoms with Gasteiger partial charge in [-0.1, -0.05) is 11.6 Å². The van der Waals surface area contributed by atoms with Gasteiger partial charge in [0.25, 0.3) is 0 Å². The van der Waals surface area contributed by atoms with Crippen LogP contribution < -0.4 is 0 Å². The van der Waals surface area contributed by atoms with Crippen molar-refractivity contribution in [1.29, 1.82) is 0 Å². The maximum absolute atomic E-state index is 11.7. The zero-order valence-electron chi connectivity index (χ0n) is 13.6. The van der Waals surface area contributed by atoms with Crippen LogP contribution in [0.1, 0.15) is 30.7 Å². The van der Waals surface area contributed by atoms with Gasteiger partial charge in [0.2, 0.25) is 0 Å². The van der Waals surface area contributed by atoms with E-state index < -0.39 is 0 Å². The molecule has 4 nitrogen and oxygen atoms in total. The molecule has 0 aliphatic carbocycles. The van der Waals surface area contributed by atoms with Crippen molar-refractivity contribution in [1.82, 2.24) is 4.90 Å². The second-order valence-corrected chi connectivity index (χ2v) is 6.56. The number of carbonyl (C=O) groups excluding carboxylic acids is 1. The summed E-state index contributed by atoms with van der Waals surface area (Å²) in [5.41, 5.74) is 3.01. The minimum atomic E-state index is -0.368. The largest absolute Gasteiger partial charge is 0.460 e. The van der Waals surface area contributed by atoms with Crippen LogP contribution in [0.5, 0.6) is 0 Å². The van der Waals surface area contributed by atoms with Crippen LogP contribution in [0.15, 0.2) is 22.6 Å². The van der Waals surface area contributed by atoms with Gasteiger partial charge in [-0.05, 0) is 51.1 Å². The summed E-state index contributed by atoms with van der Waals surface area (Å²) in [4.78, 5) is 14.0. The average Bonchev–Trinajstić information content (AvgIpc) is 2.70. The summed E-state index contributed by atoms with van der Waals surface area (Å²) in [7, 11) is 2.07. The fraction of sp³-hybridized carbons (Fsp3) is 0.389. The molecule has 0 radical (unpaired) electrons. The van der Waals surface area contributed by atoms with Crippen molar-refractivity contribution in [3.05, 3.63) is 40.1 Å². The van der Waals surface area contributed by atoms with Gasteiger partial charge in [-0.3, -0.25) is 0 Å². The molecule has 0 saturated heterocycles. The molecule has 0 bridgehead atoms. The van der Waals surface area contributed by atoms with Crippen LogP contribution in [0.2, 0.25) is 5.02 Å². The minimum absolute atomic E-state index is 0.138. The van der Waals surface area contributed by atoms with Gasteiger partial charge in [-0.2, -0.15) is 0 Å². The normalized spacial score (nSPS) is 15.5. The number of nitrogens with zero attached hydrogens (tertiary/aromatic N) is 1. The molecule has 0 spiro atoms. The predicted octanol–water partition coefficient (Wildman–Crippen LogP) is 4.04. The molecule has 5 heteroatoms. The number of benzene rings is 1. The molecule has 0 unspecified atom stereocenters. The van der Waals surface area contributed by atoms with E-state index in [-0.39, 0.29) is 12.1 Å². The maximum atomic E-state index is 11.7. The Bertz CT molecular complexity index is 776. The molecule has 0 amide bonds. The molecule has 1 aromatic heterocycles. The number of likely N-dealkylation sites (N-methyl/N-ethyl adjacent to an activating group) is 1. The zero-order valence-corrected chi connectivity index (χ0v) is 14.3. The smallest absolute Gasteiger partial charge is 0.331 e. The highest BCUT2D eigenvalue weighted by molar-refractivity contribution is 6.32. The van der Waals surface area contributed by atoms with Crippen molar-refractivity contribution in [2.24, 2.45) is 0 Å².